The number of aromatic nitrogens is 4. The number of benzene rings is 1. The molecule has 2 aromatic heterocycles. The molecule has 2 fully saturated rings. The van der Waals surface area contributed by atoms with Crippen LogP contribution in [0.2, 0.25) is 0 Å². The topological polar surface area (TPSA) is 67.9 Å². The fourth-order valence-corrected chi connectivity index (χ4v) is 4.79. The molecule has 0 amide bonds. The maximum atomic E-state index is 13.8. The van der Waals surface area contributed by atoms with E-state index in [0.717, 1.165) is 38.4 Å². The summed E-state index contributed by atoms with van der Waals surface area (Å²) < 4.78 is 32.6. The Bertz CT molecular complexity index is 1070. The lowest BCUT2D eigenvalue weighted by Crippen LogP contribution is -2.32. The van der Waals surface area contributed by atoms with Gasteiger partial charge in [0.05, 0.1) is 11.6 Å². The van der Waals surface area contributed by atoms with Crippen LogP contribution in [0.1, 0.15) is 30.7 Å². The molecule has 0 unspecified atom stereocenters. The van der Waals surface area contributed by atoms with E-state index in [1.165, 1.54) is 12.1 Å². The van der Waals surface area contributed by atoms with Crippen molar-refractivity contribution in [3.8, 4) is 11.5 Å². The second-order valence-corrected chi connectivity index (χ2v) is 8.02. The first-order chi connectivity index (χ1) is 14.6. The molecule has 0 bridgehead atoms. The molecule has 0 radical (unpaired) electrons. The third-order valence-corrected chi connectivity index (χ3v) is 6.21. The normalized spacial score (nSPS) is 24.0. The van der Waals surface area contributed by atoms with Crippen molar-refractivity contribution in [1.82, 2.24) is 25.0 Å². The summed E-state index contributed by atoms with van der Waals surface area (Å²) in [6.07, 6.45) is 11.7. The highest BCUT2D eigenvalue weighted by Gasteiger charge is 2.53. The van der Waals surface area contributed by atoms with E-state index in [-0.39, 0.29) is 5.41 Å². The number of hydrogen-bond donors (Lipinski definition) is 0. The van der Waals surface area contributed by atoms with Gasteiger partial charge in [-0.3, -0.25) is 9.88 Å². The van der Waals surface area contributed by atoms with Crippen LogP contribution in [0.5, 0.6) is 0 Å². The molecule has 1 saturated carbocycles. The fourth-order valence-electron chi connectivity index (χ4n) is 4.79. The molecule has 6 nitrogen and oxygen atoms in total. The van der Waals surface area contributed by atoms with Crippen LogP contribution in [-0.4, -0.2) is 44.6 Å². The highest BCUT2D eigenvalue weighted by atomic mass is 19.1. The average Bonchev–Trinajstić information content (AvgIpc) is 3.45. The fraction of sp³-hybridized carbons (Fsp3) is 0.364. The van der Waals surface area contributed by atoms with Crippen molar-refractivity contribution in [2.45, 2.75) is 24.7 Å². The molecule has 2 aliphatic rings. The Morgan fingerprint density at radius 1 is 1.27 bits per heavy atom. The van der Waals surface area contributed by atoms with Crippen molar-refractivity contribution in [2.75, 3.05) is 19.6 Å². The van der Waals surface area contributed by atoms with Crippen molar-refractivity contribution in [3.63, 3.8) is 0 Å². The third kappa shape index (κ3) is 3.41. The standard InChI is InChI=1S/C22H21F2N5O/c23-17-6-5-15(18(24)11-17)3-2-10-29-13-16-4-1-7-22(16,14-29)21-27-20(28-30-21)19-12-25-8-9-26-19/h2-3,5-6,8-9,11-12,16H,1,4,7,10,13-14H2/b3-2+/t16-,22-/m1/s1. The average molecular weight is 409 g/mol. The minimum absolute atomic E-state index is 0.150. The second-order valence-electron chi connectivity index (χ2n) is 8.02. The molecule has 30 heavy (non-hydrogen) atoms. The number of nitrogens with zero attached hydrogens (tertiary/aromatic N) is 5. The Labute approximate surface area is 172 Å². The van der Waals surface area contributed by atoms with Crippen LogP contribution < -0.4 is 0 Å². The van der Waals surface area contributed by atoms with Gasteiger partial charge < -0.3 is 4.52 Å². The first kappa shape index (κ1) is 19.0. The van der Waals surface area contributed by atoms with Crippen molar-refractivity contribution >= 4 is 6.08 Å². The predicted octanol–water partition coefficient (Wildman–Crippen LogP) is 3.87. The van der Waals surface area contributed by atoms with Crippen LogP contribution >= 0.6 is 0 Å². The lowest BCUT2D eigenvalue weighted by molar-refractivity contribution is 0.253. The number of halogens is 2. The summed E-state index contributed by atoms with van der Waals surface area (Å²) in [6, 6.07) is 3.62. The summed E-state index contributed by atoms with van der Waals surface area (Å²) in [4.78, 5) is 15.3. The Morgan fingerprint density at radius 3 is 3.03 bits per heavy atom. The van der Waals surface area contributed by atoms with Gasteiger partial charge in [0.1, 0.15) is 17.3 Å². The molecule has 3 aromatic rings. The minimum Gasteiger partial charge on any atom is -0.338 e. The number of likely N-dealkylation sites (tertiary alicyclic amines) is 1. The molecule has 1 aliphatic heterocycles. The Hall–Kier alpha value is -3.00. The minimum atomic E-state index is -0.570. The predicted molar refractivity (Wildman–Crippen MR) is 106 cm³/mol. The molecule has 1 aromatic carbocycles. The molecule has 0 N–H and O–H groups in total. The monoisotopic (exact) mass is 409 g/mol. The van der Waals surface area contributed by atoms with Gasteiger partial charge in [0.2, 0.25) is 11.7 Å². The highest BCUT2D eigenvalue weighted by Crippen LogP contribution is 2.50. The summed E-state index contributed by atoms with van der Waals surface area (Å²) >= 11 is 0. The second kappa shape index (κ2) is 7.68. The lowest BCUT2D eigenvalue weighted by Gasteiger charge is -2.24. The summed E-state index contributed by atoms with van der Waals surface area (Å²) in [6.45, 7) is 2.43. The van der Waals surface area contributed by atoms with Gasteiger partial charge in [-0.15, -0.1) is 0 Å². The van der Waals surface area contributed by atoms with E-state index in [0.29, 0.717) is 35.4 Å². The summed E-state index contributed by atoms with van der Waals surface area (Å²) in [7, 11) is 0. The first-order valence-corrected chi connectivity index (χ1v) is 10.1. The van der Waals surface area contributed by atoms with Crippen LogP contribution in [0.15, 0.2) is 47.4 Å². The highest BCUT2D eigenvalue weighted by molar-refractivity contribution is 5.50. The van der Waals surface area contributed by atoms with E-state index in [1.54, 1.807) is 24.7 Å². The van der Waals surface area contributed by atoms with Gasteiger partial charge in [0, 0.05) is 43.7 Å². The lowest BCUT2D eigenvalue weighted by atomic mass is 9.80. The van der Waals surface area contributed by atoms with E-state index in [2.05, 4.69) is 25.0 Å². The van der Waals surface area contributed by atoms with Gasteiger partial charge in [0.15, 0.2) is 0 Å². The van der Waals surface area contributed by atoms with E-state index in [9.17, 15) is 8.78 Å². The largest absolute Gasteiger partial charge is 0.338 e. The van der Waals surface area contributed by atoms with Crippen molar-refractivity contribution in [1.29, 1.82) is 0 Å². The maximum Gasteiger partial charge on any atom is 0.234 e. The Morgan fingerprint density at radius 2 is 2.20 bits per heavy atom. The van der Waals surface area contributed by atoms with Gasteiger partial charge in [-0.25, -0.2) is 13.8 Å². The number of fused-ring (bicyclic) bond motifs is 1. The third-order valence-electron chi connectivity index (χ3n) is 6.21. The van der Waals surface area contributed by atoms with E-state index >= 15 is 0 Å². The van der Waals surface area contributed by atoms with E-state index in [4.69, 9.17) is 4.52 Å². The smallest absolute Gasteiger partial charge is 0.234 e. The number of hydrogen-bond acceptors (Lipinski definition) is 6. The zero-order chi connectivity index (χ0) is 20.6. The van der Waals surface area contributed by atoms with Gasteiger partial charge in [-0.2, -0.15) is 4.98 Å². The summed E-state index contributed by atoms with van der Waals surface area (Å²) in [5, 5.41) is 4.14. The van der Waals surface area contributed by atoms with E-state index < -0.39 is 11.6 Å². The molecular weight excluding hydrogens is 388 g/mol. The zero-order valence-electron chi connectivity index (χ0n) is 16.3. The Balaban J connectivity index is 1.32. The molecule has 8 heteroatoms. The van der Waals surface area contributed by atoms with Crippen LogP contribution in [0.3, 0.4) is 0 Å². The van der Waals surface area contributed by atoms with Crippen LogP contribution in [0.25, 0.3) is 17.6 Å². The van der Waals surface area contributed by atoms with Gasteiger partial charge in [-0.05, 0) is 30.9 Å². The molecule has 154 valence electrons. The zero-order valence-corrected chi connectivity index (χ0v) is 16.3. The first-order valence-electron chi connectivity index (χ1n) is 10.1. The van der Waals surface area contributed by atoms with Crippen LogP contribution in [0.4, 0.5) is 8.78 Å². The van der Waals surface area contributed by atoms with Crippen LogP contribution in [-0.2, 0) is 5.41 Å². The Kier molecular flexibility index (Phi) is 4.86. The molecular formula is C22H21F2N5O. The molecule has 2 atom stereocenters. The van der Waals surface area contributed by atoms with Crippen molar-refractivity contribution < 1.29 is 13.3 Å². The molecule has 5 rings (SSSR count). The van der Waals surface area contributed by atoms with Gasteiger partial charge >= 0.3 is 0 Å². The maximum absolute atomic E-state index is 13.8. The van der Waals surface area contributed by atoms with E-state index in [1.807, 2.05) is 6.08 Å². The van der Waals surface area contributed by atoms with Gasteiger partial charge in [-0.1, -0.05) is 23.7 Å². The summed E-state index contributed by atoms with van der Waals surface area (Å²) in [5.74, 6) is 0.455. The SMILES string of the molecule is Fc1ccc(/C=C/CN2C[C@H]3CCC[C@@]3(c3nc(-c4cnccn4)no3)C2)c(F)c1. The van der Waals surface area contributed by atoms with Crippen molar-refractivity contribution in [2.24, 2.45) is 5.92 Å². The number of rotatable bonds is 5. The molecule has 1 aliphatic carbocycles. The quantitative estimate of drug-likeness (QED) is 0.637. The molecule has 1 saturated heterocycles. The molecule has 0 spiro atoms. The van der Waals surface area contributed by atoms with Crippen LogP contribution in [0, 0.1) is 17.6 Å². The summed E-state index contributed by atoms with van der Waals surface area (Å²) in [5.41, 5.74) is 0.830. The van der Waals surface area contributed by atoms with Gasteiger partial charge in [0.25, 0.3) is 0 Å². The molecule has 3 heterocycles. The van der Waals surface area contributed by atoms with Crippen molar-refractivity contribution in [3.05, 3.63) is 66.0 Å².